The Labute approximate surface area is 206 Å². The SMILES string of the molecule is CCCNC(=O)C(F)(F)C(=O)C(NC(=O)Cn1c(-c2ccccc2)ncc(NC(C)=O)c1=O)C(C)C. The molecule has 12 heteroatoms. The number of benzene rings is 1. The average molecular weight is 506 g/mol. The second kappa shape index (κ2) is 12.1. The van der Waals surface area contributed by atoms with Gasteiger partial charge in [-0.2, -0.15) is 8.78 Å². The molecule has 2 aromatic rings. The fourth-order valence-corrected chi connectivity index (χ4v) is 3.29. The maximum absolute atomic E-state index is 14.5. The molecule has 0 aliphatic heterocycles. The van der Waals surface area contributed by atoms with E-state index in [0.29, 0.717) is 12.0 Å². The Morgan fingerprint density at radius 2 is 1.75 bits per heavy atom. The fourth-order valence-electron chi connectivity index (χ4n) is 3.29. The van der Waals surface area contributed by atoms with Crippen molar-refractivity contribution >= 4 is 29.2 Å². The van der Waals surface area contributed by atoms with Crippen molar-refractivity contribution < 1.29 is 28.0 Å². The third-order valence-corrected chi connectivity index (χ3v) is 5.09. The van der Waals surface area contributed by atoms with Gasteiger partial charge in [0, 0.05) is 19.0 Å². The molecule has 0 saturated heterocycles. The molecule has 1 aromatic heterocycles. The quantitative estimate of drug-likeness (QED) is 0.398. The summed E-state index contributed by atoms with van der Waals surface area (Å²) in [7, 11) is 0. The first-order valence-electron chi connectivity index (χ1n) is 11.3. The molecule has 0 radical (unpaired) electrons. The average Bonchev–Trinajstić information content (AvgIpc) is 2.83. The molecule has 10 nitrogen and oxygen atoms in total. The van der Waals surface area contributed by atoms with Crippen LogP contribution in [0.4, 0.5) is 14.5 Å². The summed E-state index contributed by atoms with van der Waals surface area (Å²) >= 11 is 0. The number of anilines is 1. The molecule has 36 heavy (non-hydrogen) atoms. The first-order chi connectivity index (χ1) is 16.9. The molecule has 1 heterocycles. The van der Waals surface area contributed by atoms with Gasteiger partial charge >= 0.3 is 5.92 Å². The van der Waals surface area contributed by atoms with Crippen LogP contribution in [0.5, 0.6) is 0 Å². The third-order valence-electron chi connectivity index (χ3n) is 5.09. The molecular formula is C24H29F2N5O5. The Kier molecular flexibility index (Phi) is 9.53. The van der Waals surface area contributed by atoms with Crippen molar-refractivity contribution in [3.63, 3.8) is 0 Å². The Bertz CT molecular complexity index is 1180. The van der Waals surface area contributed by atoms with Gasteiger partial charge in [0.2, 0.25) is 17.6 Å². The van der Waals surface area contributed by atoms with E-state index in [2.05, 4.69) is 15.6 Å². The molecule has 0 aliphatic rings. The van der Waals surface area contributed by atoms with Crippen molar-refractivity contribution in [2.24, 2.45) is 5.92 Å². The number of ketones is 1. The van der Waals surface area contributed by atoms with Crippen molar-refractivity contribution in [2.75, 3.05) is 11.9 Å². The molecule has 0 saturated carbocycles. The highest BCUT2D eigenvalue weighted by molar-refractivity contribution is 6.10. The summed E-state index contributed by atoms with van der Waals surface area (Å²) in [4.78, 5) is 66.0. The molecular weight excluding hydrogens is 476 g/mol. The highest BCUT2D eigenvalue weighted by atomic mass is 19.3. The van der Waals surface area contributed by atoms with E-state index in [1.165, 1.54) is 20.8 Å². The lowest BCUT2D eigenvalue weighted by molar-refractivity contribution is -0.161. The number of amides is 3. The summed E-state index contributed by atoms with van der Waals surface area (Å²) in [5.41, 5.74) is -0.469. The lowest BCUT2D eigenvalue weighted by Crippen LogP contribution is -2.57. The van der Waals surface area contributed by atoms with Gasteiger partial charge in [-0.1, -0.05) is 51.1 Å². The summed E-state index contributed by atoms with van der Waals surface area (Å²) < 4.78 is 30.0. The highest BCUT2D eigenvalue weighted by Gasteiger charge is 2.51. The van der Waals surface area contributed by atoms with Crippen LogP contribution in [0.3, 0.4) is 0 Å². The highest BCUT2D eigenvalue weighted by Crippen LogP contribution is 2.21. The molecule has 194 valence electrons. The van der Waals surface area contributed by atoms with E-state index < -0.39 is 53.5 Å². The predicted octanol–water partition coefficient (Wildman–Crippen LogP) is 1.74. The van der Waals surface area contributed by atoms with Gasteiger partial charge in [-0.05, 0) is 12.3 Å². The van der Waals surface area contributed by atoms with Gasteiger partial charge in [-0.15, -0.1) is 0 Å². The summed E-state index contributed by atoms with van der Waals surface area (Å²) in [5.74, 6) is -10.1. The van der Waals surface area contributed by atoms with E-state index in [1.54, 1.807) is 37.3 Å². The Hall–Kier alpha value is -3.96. The summed E-state index contributed by atoms with van der Waals surface area (Å²) in [6.07, 6.45) is 1.54. The smallest absolute Gasteiger partial charge is 0.350 e. The van der Waals surface area contributed by atoms with E-state index in [4.69, 9.17) is 0 Å². The van der Waals surface area contributed by atoms with Crippen LogP contribution in [0.25, 0.3) is 11.4 Å². The first kappa shape index (κ1) is 28.3. The molecule has 0 bridgehead atoms. The van der Waals surface area contributed by atoms with Crippen molar-refractivity contribution in [3.05, 3.63) is 46.9 Å². The van der Waals surface area contributed by atoms with Gasteiger partial charge < -0.3 is 16.0 Å². The van der Waals surface area contributed by atoms with Crippen LogP contribution in [0.15, 0.2) is 41.3 Å². The number of nitrogens with one attached hydrogen (secondary N) is 3. The zero-order valence-corrected chi connectivity index (χ0v) is 20.4. The van der Waals surface area contributed by atoms with Crippen molar-refractivity contribution in [1.29, 1.82) is 0 Å². The summed E-state index contributed by atoms with van der Waals surface area (Å²) in [6.45, 7) is 5.00. The number of aromatic nitrogens is 2. The molecule has 1 unspecified atom stereocenters. The number of carbonyl (C=O) groups excluding carboxylic acids is 4. The summed E-state index contributed by atoms with van der Waals surface area (Å²) in [6, 6.07) is 6.69. The predicted molar refractivity (Wildman–Crippen MR) is 128 cm³/mol. The lowest BCUT2D eigenvalue weighted by Gasteiger charge is -2.25. The normalized spacial score (nSPS) is 12.1. The molecule has 0 aliphatic carbocycles. The van der Waals surface area contributed by atoms with Crippen LogP contribution >= 0.6 is 0 Å². The van der Waals surface area contributed by atoms with E-state index in [0.717, 1.165) is 10.8 Å². The number of carbonyl (C=O) groups is 4. The summed E-state index contributed by atoms with van der Waals surface area (Å²) in [5, 5.41) is 6.54. The van der Waals surface area contributed by atoms with Crippen LogP contribution in [0, 0.1) is 5.92 Å². The Morgan fingerprint density at radius 3 is 2.31 bits per heavy atom. The van der Waals surface area contributed by atoms with E-state index >= 15 is 0 Å². The van der Waals surface area contributed by atoms with Gasteiger partial charge in [-0.3, -0.25) is 28.5 Å². The Balaban J connectivity index is 2.38. The zero-order chi connectivity index (χ0) is 27.0. The van der Waals surface area contributed by atoms with Gasteiger partial charge in [0.05, 0.1) is 12.2 Å². The van der Waals surface area contributed by atoms with Crippen molar-refractivity contribution in [3.8, 4) is 11.4 Å². The minimum atomic E-state index is -4.36. The number of Topliss-reactive ketones (excluding diaryl/α,β-unsaturated/α-hetero) is 1. The van der Waals surface area contributed by atoms with Crippen molar-refractivity contribution in [2.45, 2.75) is 52.6 Å². The van der Waals surface area contributed by atoms with Crippen LogP contribution in [0.1, 0.15) is 34.1 Å². The molecule has 0 fully saturated rings. The second-order valence-corrected chi connectivity index (χ2v) is 8.42. The number of hydrogen-bond acceptors (Lipinski definition) is 6. The van der Waals surface area contributed by atoms with E-state index in [-0.39, 0.29) is 18.1 Å². The van der Waals surface area contributed by atoms with Crippen LogP contribution < -0.4 is 21.5 Å². The zero-order valence-electron chi connectivity index (χ0n) is 20.4. The minimum Gasteiger partial charge on any atom is -0.350 e. The van der Waals surface area contributed by atoms with Crippen LogP contribution in [-0.4, -0.2) is 51.6 Å². The molecule has 0 spiro atoms. The number of nitrogens with zero attached hydrogens (tertiary/aromatic N) is 2. The minimum absolute atomic E-state index is 0.0385. The van der Waals surface area contributed by atoms with Crippen LogP contribution in [-0.2, 0) is 25.7 Å². The van der Waals surface area contributed by atoms with Gasteiger partial charge in [0.15, 0.2) is 0 Å². The maximum atomic E-state index is 14.5. The number of rotatable bonds is 11. The maximum Gasteiger partial charge on any atom is 0.383 e. The van der Waals surface area contributed by atoms with E-state index in [1.807, 2.05) is 5.32 Å². The van der Waals surface area contributed by atoms with Gasteiger partial charge in [0.25, 0.3) is 11.5 Å². The molecule has 3 N–H and O–H groups in total. The largest absolute Gasteiger partial charge is 0.383 e. The number of hydrogen-bond donors (Lipinski definition) is 3. The van der Waals surface area contributed by atoms with Crippen molar-refractivity contribution in [1.82, 2.24) is 20.2 Å². The van der Waals surface area contributed by atoms with Gasteiger partial charge in [-0.25, -0.2) is 4.98 Å². The fraction of sp³-hybridized carbons (Fsp3) is 0.417. The second-order valence-electron chi connectivity index (χ2n) is 8.42. The monoisotopic (exact) mass is 505 g/mol. The first-order valence-corrected chi connectivity index (χ1v) is 11.3. The third kappa shape index (κ3) is 6.80. The van der Waals surface area contributed by atoms with Crippen LogP contribution in [0.2, 0.25) is 0 Å². The van der Waals surface area contributed by atoms with E-state index in [9.17, 15) is 32.8 Å². The lowest BCUT2D eigenvalue weighted by atomic mass is 9.95. The topological polar surface area (TPSA) is 139 Å². The number of alkyl halides is 2. The standard InChI is InChI=1S/C24H29F2N5O5/c1-5-11-27-23(36)24(25,26)20(34)19(14(2)3)30-18(33)13-31-21(16-9-7-6-8-10-16)28-12-17(22(31)35)29-15(4)32/h6-10,12,14,19H,5,11,13H2,1-4H3,(H,27,36)(H,29,32)(H,30,33). The van der Waals surface area contributed by atoms with Gasteiger partial charge in [0.1, 0.15) is 18.1 Å². The molecule has 2 rings (SSSR count). The molecule has 1 aromatic carbocycles. The molecule has 3 amide bonds. The Morgan fingerprint density at radius 1 is 1.11 bits per heavy atom. The molecule has 1 atom stereocenters. The number of halogens is 2.